The van der Waals surface area contributed by atoms with Crippen LogP contribution in [0.25, 0.3) is 11.2 Å². The van der Waals surface area contributed by atoms with Crippen LogP contribution in [0.4, 0.5) is 5.82 Å². The molecule has 10 heteroatoms. The van der Waals surface area contributed by atoms with E-state index in [2.05, 4.69) is 35.7 Å². The Bertz CT molecular complexity index is 762. The summed E-state index contributed by atoms with van der Waals surface area (Å²) in [6.45, 7) is 5.91. The summed E-state index contributed by atoms with van der Waals surface area (Å²) in [5.41, 5.74) is 6.78. The second-order valence-corrected chi connectivity index (χ2v) is 8.22. The Morgan fingerprint density at radius 3 is 2.60 bits per heavy atom. The van der Waals surface area contributed by atoms with Crippen LogP contribution in [-0.4, -0.2) is 65.5 Å². The molecule has 1 fully saturated rings. The third kappa shape index (κ3) is 3.44. The zero-order valence-electron chi connectivity index (χ0n) is 14.3. The molecular formula is C15H23N5O4S. The van der Waals surface area contributed by atoms with Gasteiger partial charge in [0.2, 0.25) is 0 Å². The molecular weight excluding hydrogens is 346 g/mol. The predicted molar refractivity (Wildman–Crippen MR) is 92.9 cm³/mol. The molecule has 1 aliphatic rings. The highest BCUT2D eigenvalue weighted by molar-refractivity contribution is 7.99. The Balaban J connectivity index is 2.07. The molecule has 0 spiro atoms. The molecule has 4 atom stereocenters. The molecule has 25 heavy (non-hydrogen) atoms. The zero-order valence-corrected chi connectivity index (χ0v) is 15.1. The van der Waals surface area contributed by atoms with Crippen LogP contribution < -0.4 is 5.73 Å². The van der Waals surface area contributed by atoms with Gasteiger partial charge in [-0.05, 0) is 5.41 Å². The molecule has 0 radical (unpaired) electrons. The second kappa shape index (κ2) is 6.69. The quantitative estimate of drug-likeness (QED) is 0.555. The maximum Gasteiger partial charge on any atom is 0.172 e. The van der Waals surface area contributed by atoms with Crippen molar-refractivity contribution in [3.63, 3.8) is 0 Å². The smallest absolute Gasteiger partial charge is 0.172 e. The van der Waals surface area contributed by atoms with Crippen molar-refractivity contribution in [3.8, 4) is 0 Å². The number of nitrogens with zero attached hydrogens (tertiary/aromatic N) is 4. The number of thioether (sulfide) groups is 1. The van der Waals surface area contributed by atoms with Crippen LogP contribution in [0.15, 0.2) is 11.5 Å². The maximum atomic E-state index is 10.4. The Labute approximate surface area is 149 Å². The van der Waals surface area contributed by atoms with Gasteiger partial charge >= 0.3 is 0 Å². The number of rotatable bonds is 4. The third-order valence-electron chi connectivity index (χ3n) is 3.88. The van der Waals surface area contributed by atoms with Gasteiger partial charge in [-0.15, -0.1) is 0 Å². The number of hydrogen-bond donors (Lipinski definition) is 4. The maximum absolute atomic E-state index is 10.4. The van der Waals surface area contributed by atoms with Crippen LogP contribution in [0.1, 0.15) is 27.0 Å². The van der Waals surface area contributed by atoms with Crippen LogP contribution in [0.2, 0.25) is 0 Å². The fourth-order valence-corrected chi connectivity index (χ4v) is 3.66. The average Bonchev–Trinajstić information content (AvgIpc) is 3.04. The topological polar surface area (TPSA) is 140 Å². The van der Waals surface area contributed by atoms with Gasteiger partial charge in [0, 0.05) is 5.75 Å². The number of ether oxygens (including phenoxy) is 1. The molecule has 3 rings (SSSR count). The molecule has 5 N–H and O–H groups in total. The van der Waals surface area contributed by atoms with Crippen LogP contribution in [0.3, 0.4) is 0 Å². The Morgan fingerprint density at radius 1 is 1.28 bits per heavy atom. The van der Waals surface area contributed by atoms with E-state index in [9.17, 15) is 15.3 Å². The Morgan fingerprint density at radius 2 is 2.00 bits per heavy atom. The van der Waals surface area contributed by atoms with Crippen molar-refractivity contribution in [3.05, 3.63) is 6.33 Å². The van der Waals surface area contributed by atoms with Crippen molar-refractivity contribution in [2.45, 2.75) is 50.5 Å². The average molecular weight is 369 g/mol. The fraction of sp³-hybridized carbons (Fsp3) is 0.667. The van der Waals surface area contributed by atoms with Gasteiger partial charge < -0.3 is 25.8 Å². The van der Waals surface area contributed by atoms with Crippen molar-refractivity contribution in [1.82, 2.24) is 19.5 Å². The highest BCUT2D eigenvalue weighted by atomic mass is 32.2. The zero-order chi connectivity index (χ0) is 18.4. The minimum absolute atomic E-state index is 0.0488. The van der Waals surface area contributed by atoms with E-state index in [1.807, 2.05) is 0 Å². The Hall–Kier alpha value is -1.46. The highest BCUT2D eigenvalue weighted by Crippen LogP contribution is 2.37. The minimum Gasteiger partial charge on any atom is -0.394 e. The van der Waals surface area contributed by atoms with Crippen LogP contribution in [-0.2, 0) is 4.74 Å². The van der Waals surface area contributed by atoms with Gasteiger partial charge in [-0.1, -0.05) is 32.5 Å². The summed E-state index contributed by atoms with van der Waals surface area (Å²) in [6.07, 6.45) is -2.91. The number of fused-ring (bicyclic) bond motifs is 1. The van der Waals surface area contributed by atoms with Gasteiger partial charge in [0.25, 0.3) is 0 Å². The van der Waals surface area contributed by atoms with Crippen molar-refractivity contribution in [2.24, 2.45) is 5.41 Å². The van der Waals surface area contributed by atoms with E-state index in [0.717, 1.165) is 5.75 Å². The number of nitrogens with two attached hydrogens (primary N) is 1. The lowest BCUT2D eigenvalue weighted by atomic mass is 10.0. The summed E-state index contributed by atoms with van der Waals surface area (Å²) in [6, 6.07) is 0. The summed E-state index contributed by atoms with van der Waals surface area (Å²) in [7, 11) is 0. The number of anilines is 1. The van der Waals surface area contributed by atoms with Gasteiger partial charge in [-0.2, -0.15) is 0 Å². The number of aliphatic hydroxyl groups is 3. The van der Waals surface area contributed by atoms with E-state index in [1.54, 1.807) is 4.57 Å². The summed E-state index contributed by atoms with van der Waals surface area (Å²) in [5, 5.41) is 30.4. The lowest BCUT2D eigenvalue weighted by molar-refractivity contribution is -0.0548. The van der Waals surface area contributed by atoms with Gasteiger partial charge in [0.15, 0.2) is 28.4 Å². The van der Waals surface area contributed by atoms with Crippen LogP contribution in [0.5, 0.6) is 0 Å². The van der Waals surface area contributed by atoms with Crippen molar-refractivity contribution < 1.29 is 20.1 Å². The van der Waals surface area contributed by atoms with Crippen LogP contribution >= 0.6 is 11.8 Å². The van der Waals surface area contributed by atoms with E-state index in [1.165, 1.54) is 18.1 Å². The largest absolute Gasteiger partial charge is 0.394 e. The molecule has 0 saturated carbocycles. The standard InChI is InChI=1S/C15H23N5O4S/c1-15(2,3)5-25-14-19-8-11(16)17-6-18-12(8)20(14)13-10(23)9(22)7(4-21)24-13/h6-7,9-10,13,21-23H,4-5H2,1-3H3,(H2,16,17,18)/t7-,9-,10-,13-/m1/s1. The molecule has 1 aliphatic heterocycles. The van der Waals surface area contributed by atoms with Gasteiger partial charge in [0.1, 0.15) is 24.6 Å². The first kappa shape index (κ1) is 18.3. The number of aliphatic hydroxyl groups excluding tert-OH is 3. The lowest BCUT2D eigenvalue weighted by Crippen LogP contribution is -2.33. The molecule has 0 unspecified atom stereocenters. The molecule has 3 heterocycles. The molecule has 0 aromatic carbocycles. The van der Waals surface area contributed by atoms with E-state index in [4.69, 9.17) is 10.5 Å². The number of aromatic nitrogens is 4. The summed E-state index contributed by atoms with van der Waals surface area (Å²) in [4.78, 5) is 12.7. The molecule has 9 nitrogen and oxygen atoms in total. The van der Waals surface area contributed by atoms with Gasteiger partial charge in [0.05, 0.1) is 6.61 Å². The number of imidazole rings is 1. The predicted octanol–water partition coefficient (Wildman–Crippen LogP) is 0.158. The normalized spacial score (nSPS) is 27.3. The van der Waals surface area contributed by atoms with E-state index in [-0.39, 0.29) is 11.2 Å². The molecule has 1 saturated heterocycles. The number of hydrogen-bond acceptors (Lipinski definition) is 9. The van der Waals surface area contributed by atoms with Crippen LogP contribution in [0, 0.1) is 5.41 Å². The Kier molecular flexibility index (Phi) is 4.91. The summed E-state index contributed by atoms with van der Waals surface area (Å²) < 4.78 is 7.28. The van der Waals surface area contributed by atoms with Gasteiger partial charge in [-0.25, -0.2) is 15.0 Å². The summed E-state index contributed by atoms with van der Waals surface area (Å²) >= 11 is 1.48. The molecule has 2 aromatic heterocycles. The van der Waals surface area contributed by atoms with Gasteiger partial charge in [-0.3, -0.25) is 4.57 Å². The SMILES string of the molecule is CC(C)(C)CSc1nc2c(N)ncnc2n1[C@@H]1O[C@H](CO)[C@@H](O)[C@H]1O. The minimum atomic E-state index is -1.22. The first-order chi connectivity index (χ1) is 11.7. The molecule has 0 aliphatic carbocycles. The fourth-order valence-electron chi connectivity index (χ4n) is 2.61. The number of nitrogen functional groups attached to an aromatic ring is 1. The molecule has 0 amide bonds. The first-order valence-corrected chi connectivity index (χ1v) is 8.95. The summed E-state index contributed by atoms with van der Waals surface area (Å²) in [5.74, 6) is 0.992. The van der Waals surface area contributed by atoms with Crippen molar-refractivity contribution >= 4 is 28.7 Å². The van der Waals surface area contributed by atoms with Crippen molar-refractivity contribution in [1.29, 1.82) is 0 Å². The van der Waals surface area contributed by atoms with E-state index < -0.39 is 31.1 Å². The molecule has 0 bridgehead atoms. The van der Waals surface area contributed by atoms with E-state index >= 15 is 0 Å². The lowest BCUT2D eigenvalue weighted by Gasteiger charge is -2.21. The third-order valence-corrected chi connectivity index (χ3v) is 5.44. The second-order valence-electron chi connectivity index (χ2n) is 7.27. The van der Waals surface area contributed by atoms with E-state index in [0.29, 0.717) is 16.3 Å². The molecule has 2 aromatic rings. The molecule has 138 valence electrons. The first-order valence-electron chi connectivity index (χ1n) is 7.96. The van der Waals surface area contributed by atoms with Crippen molar-refractivity contribution in [2.75, 3.05) is 18.1 Å². The monoisotopic (exact) mass is 369 g/mol. The highest BCUT2D eigenvalue weighted by Gasteiger charge is 2.45.